The Labute approximate surface area is 168 Å². The van der Waals surface area contributed by atoms with Crippen molar-refractivity contribution < 1.29 is 14.0 Å². The van der Waals surface area contributed by atoms with Crippen LogP contribution in [0, 0.1) is 6.92 Å². The molecule has 1 aromatic carbocycles. The lowest BCUT2D eigenvalue weighted by molar-refractivity contribution is 0.0664. The summed E-state index contributed by atoms with van der Waals surface area (Å²) >= 11 is 0. The molecular weight excluding hydrogens is 368 g/mol. The van der Waals surface area contributed by atoms with Gasteiger partial charge in [-0.25, -0.2) is 4.98 Å². The minimum Gasteiger partial charge on any atom is -0.469 e. The van der Waals surface area contributed by atoms with Crippen molar-refractivity contribution in [2.45, 2.75) is 44.8 Å². The van der Waals surface area contributed by atoms with E-state index >= 15 is 0 Å². The summed E-state index contributed by atoms with van der Waals surface area (Å²) in [6, 6.07) is 11.6. The SMILES string of the molecule is Cc1occc1C(=O)N1[C@@H]2CC[C@H]1Cc1c(C(N)=O)nc(-c3ccccc3)n1C2. The number of amides is 2. The molecule has 4 heterocycles. The van der Waals surface area contributed by atoms with Gasteiger partial charge in [0.05, 0.1) is 23.6 Å². The molecular formula is C22H22N4O3. The van der Waals surface area contributed by atoms with Crippen molar-refractivity contribution in [3.8, 4) is 11.4 Å². The maximum absolute atomic E-state index is 13.3. The maximum atomic E-state index is 13.3. The van der Waals surface area contributed by atoms with E-state index in [4.69, 9.17) is 10.2 Å². The molecule has 2 aromatic heterocycles. The summed E-state index contributed by atoms with van der Waals surface area (Å²) in [4.78, 5) is 32.0. The third-order valence-corrected chi connectivity index (χ3v) is 6.10. The number of hydrogen-bond donors (Lipinski definition) is 1. The second-order valence-corrected chi connectivity index (χ2v) is 7.76. The number of hydrogen-bond acceptors (Lipinski definition) is 4. The lowest BCUT2D eigenvalue weighted by atomic mass is 10.1. The quantitative estimate of drug-likeness (QED) is 0.744. The van der Waals surface area contributed by atoms with Crippen LogP contribution in [-0.4, -0.2) is 38.3 Å². The van der Waals surface area contributed by atoms with E-state index in [-0.39, 0.29) is 18.0 Å². The third-order valence-electron chi connectivity index (χ3n) is 6.10. The fourth-order valence-electron chi connectivity index (χ4n) is 4.75. The molecule has 5 rings (SSSR count). The van der Waals surface area contributed by atoms with Crippen LogP contribution in [0.3, 0.4) is 0 Å². The topological polar surface area (TPSA) is 94.4 Å². The monoisotopic (exact) mass is 390 g/mol. The predicted molar refractivity (Wildman–Crippen MR) is 106 cm³/mol. The number of furan rings is 1. The van der Waals surface area contributed by atoms with E-state index in [1.165, 1.54) is 0 Å². The highest BCUT2D eigenvalue weighted by Crippen LogP contribution is 2.36. The van der Waals surface area contributed by atoms with Gasteiger partial charge in [0.1, 0.15) is 17.3 Å². The molecule has 2 bridgehead atoms. The Balaban J connectivity index is 1.59. The first-order chi connectivity index (χ1) is 14.0. The molecule has 0 saturated carbocycles. The Hall–Kier alpha value is -3.35. The van der Waals surface area contributed by atoms with Crippen LogP contribution in [0.25, 0.3) is 11.4 Å². The van der Waals surface area contributed by atoms with E-state index in [9.17, 15) is 9.59 Å². The van der Waals surface area contributed by atoms with Crippen LogP contribution in [0.4, 0.5) is 0 Å². The van der Waals surface area contributed by atoms with Gasteiger partial charge >= 0.3 is 0 Å². The zero-order chi connectivity index (χ0) is 20.1. The van der Waals surface area contributed by atoms with Gasteiger partial charge in [0.15, 0.2) is 0 Å². The number of nitrogens with two attached hydrogens (primary N) is 1. The van der Waals surface area contributed by atoms with Gasteiger partial charge in [-0.05, 0) is 25.8 Å². The van der Waals surface area contributed by atoms with Crippen molar-refractivity contribution in [1.29, 1.82) is 0 Å². The molecule has 1 fully saturated rings. The van der Waals surface area contributed by atoms with E-state index in [1.54, 1.807) is 19.3 Å². The highest BCUT2D eigenvalue weighted by molar-refractivity contribution is 5.96. The Morgan fingerprint density at radius 1 is 1.14 bits per heavy atom. The molecule has 1 saturated heterocycles. The lowest BCUT2D eigenvalue weighted by Gasteiger charge is -2.28. The van der Waals surface area contributed by atoms with Crippen LogP contribution in [0.5, 0.6) is 0 Å². The molecule has 0 spiro atoms. The number of benzene rings is 1. The first-order valence-electron chi connectivity index (χ1n) is 9.86. The van der Waals surface area contributed by atoms with Crippen LogP contribution < -0.4 is 5.73 Å². The number of nitrogens with zero attached hydrogens (tertiary/aromatic N) is 3. The minimum atomic E-state index is -0.530. The molecule has 0 radical (unpaired) electrons. The van der Waals surface area contributed by atoms with Crippen molar-refractivity contribution in [2.24, 2.45) is 5.73 Å². The number of imidazole rings is 1. The van der Waals surface area contributed by atoms with Gasteiger partial charge in [-0.15, -0.1) is 0 Å². The highest BCUT2D eigenvalue weighted by atomic mass is 16.3. The number of carbonyl (C=O) groups excluding carboxylic acids is 2. The summed E-state index contributed by atoms with van der Waals surface area (Å²) in [6.07, 6.45) is 3.94. The minimum absolute atomic E-state index is 0.00986. The van der Waals surface area contributed by atoms with Gasteiger partial charge in [-0.1, -0.05) is 30.3 Å². The molecule has 2 aliphatic heterocycles. The van der Waals surface area contributed by atoms with Crippen molar-refractivity contribution in [3.05, 3.63) is 65.4 Å². The number of primary amides is 1. The van der Waals surface area contributed by atoms with Crippen molar-refractivity contribution >= 4 is 11.8 Å². The van der Waals surface area contributed by atoms with Crippen LogP contribution >= 0.6 is 0 Å². The maximum Gasteiger partial charge on any atom is 0.269 e. The van der Waals surface area contributed by atoms with E-state index in [0.717, 1.165) is 29.9 Å². The molecule has 148 valence electrons. The van der Waals surface area contributed by atoms with E-state index in [2.05, 4.69) is 9.55 Å². The number of aromatic nitrogens is 2. The lowest BCUT2D eigenvalue weighted by Crippen LogP contribution is -2.42. The number of rotatable bonds is 3. The molecule has 29 heavy (non-hydrogen) atoms. The summed E-state index contributed by atoms with van der Waals surface area (Å²) in [5, 5.41) is 0. The van der Waals surface area contributed by atoms with Gasteiger partial charge in [0, 0.05) is 24.6 Å². The fourth-order valence-corrected chi connectivity index (χ4v) is 4.75. The fraction of sp³-hybridized carbons (Fsp3) is 0.318. The second kappa shape index (κ2) is 6.62. The average molecular weight is 390 g/mol. The summed E-state index contributed by atoms with van der Waals surface area (Å²) in [7, 11) is 0. The zero-order valence-electron chi connectivity index (χ0n) is 16.2. The summed E-state index contributed by atoms with van der Waals surface area (Å²) in [5.74, 6) is 0.818. The molecule has 2 N–H and O–H groups in total. The average Bonchev–Trinajstić information content (AvgIpc) is 3.37. The molecule has 3 aromatic rings. The van der Waals surface area contributed by atoms with Gasteiger partial charge < -0.3 is 19.6 Å². The van der Waals surface area contributed by atoms with Crippen molar-refractivity contribution in [2.75, 3.05) is 0 Å². The van der Waals surface area contributed by atoms with Gasteiger partial charge in [-0.2, -0.15) is 0 Å². The molecule has 0 aliphatic carbocycles. The third kappa shape index (κ3) is 2.76. The van der Waals surface area contributed by atoms with Crippen LogP contribution in [0.2, 0.25) is 0 Å². The highest BCUT2D eigenvalue weighted by Gasteiger charge is 2.42. The van der Waals surface area contributed by atoms with E-state index in [1.807, 2.05) is 35.2 Å². The molecule has 7 heteroatoms. The molecule has 0 unspecified atom stereocenters. The Bertz CT molecular complexity index is 1100. The standard InChI is InChI=1S/C22H22N4O3/c1-13-17(9-10-29-13)22(28)26-15-7-8-16(26)12-25-18(11-15)19(20(23)27)24-21(25)14-5-3-2-4-6-14/h2-6,9-10,15-16H,7-8,11-12H2,1H3,(H2,23,27)/t15-,16+/m0/s1. The number of aryl methyl sites for hydroxylation is 1. The molecule has 2 aliphatic rings. The molecule has 2 atom stereocenters. The first kappa shape index (κ1) is 17.7. The smallest absolute Gasteiger partial charge is 0.269 e. The largest absolute Gasteiger partial charge is 0.469 e. The van der Waals surface area contributed by atoms with Crippen LogP contribution in [0.15, 0.2) is 47.1 Å². The van der Waals surface area contributed by atoms with E-state index < -0.39 is 5.91 Å². The van der Waals surface area contributed by atoms with Gasteiger partial charge in [-0.3, -0.25) is 9.59 Å². The second-order valence-electron chi connectivity index (χ2n) is 7.76. The number of fused-ring (bicyclic) bond motifs is 3. The zero-order valence-corrected chi connectivity index (χ0v) is 16.2. The van der Waals surface area contributed by atoms with E-state index in [0.29, 0.717) is 30.0 Å². The van der Waals surface area contributed by atoms with Crippen molar-refractivity contribution in [3.63, 3.8) is 0 Å². The molecule has 7 nitrogen and oxygen atoms in total. The first-order valence-corrected chi connectivity index (χ1v) is 9.86. The summed E-state index contributed by atoms with van der Waals surface area (Å²) in [5.41, 5.74) is 8.33. The number of carbonyl (C=O) groups is 2. The normalized spacial score (nSPS) is 20.4. The Morgan fingerprint density at radius 2 is 1.90 bits per heavy atom. The van der Waals surface area contributed by atoms with Gasteiger partial charge in [0.2, 0.25) is 0 Å². The summed E-state index contributed by atoms with van der Waals surface area (Å²) in [6.45, 7) is 2.40. The van der Waals surface area contributed by atoms with Crippen molar-refractivity contribution in [1.82, 2.24) is 14.5 Å². The Kier molecular flexibility index (Phi) is 4.04. The van der Waals surface area contributed by atoms with Gasteiger partial charge in [0.25, 0.3) is 11.8 Å². The predicted octanol–water partition coefficient (Wildman–Crippen LogP) is 2.78. The van der Waals surface area contributed by atoms with Crippen LogP contribution in [-0.2, 0) is 13.0 Å². The molecule has 2 amide bonds. The Morgan fingerprint density at radius 3 is 2.59 bits per heavy atom. The summed E-state index contributed by atoms with van der Waals surface area (Å²) < 4.78 is 7.43. The van der Waals surface area contributed by atoms with Crippen LogP contribution in [0.1, 0.15) is 45.1 Å².